The molecule has 29 heavy (non-hydrogen) atoms. The van der Waals surface area contributed by atoms with Gasteiger partial charge in [-0.1, -0.05) is 24.3 Å². The molecule has 1 N–H and O–H groups in total. The summed E-state index contributed by atoms with van der Waals surface area (Å²) in [7, 11) is 0. The largest absolute Gasteiger partial charge is 0.342 e. The molecule has 1 aliphatic rings. The number of piperidine rings is 1. The summed E-state index contributed by atoms with van der Waals surface area (Å²) in [6, 6.07) is 14.0. The van der Waals surface area contributed by atoms with Crippen molar-refractivity contribution in [2.24, 2.45) is 0 Å². The van der Waals surface area contributed by atoms with Crippen molar-refractivity contribution in [2.75, 3.05) is 18.0 Å². The number of benzene rings is 1. The van der Waals surface area contributed by atoms with Crippen LogP contribution in [-0.4, -0.2) is 37.8 Å². The van der Waals surface area contributed by atoms with E-state index < -0.39 is 0 Å². The van der Waals surface area contributed by atoms with E-state index in [0.29, 0.717) is 22.9 Å². The van der Waals surface area contributed by atoms with Gasteiger partial charge in [-0.05, 0) is 49.4 Å². The zero-order chi connectivity index (χ0) is 19.8. The number of hydrogen-bond acceptors (Lipinski definition) is 5. The van der Waals surface area contributed by atoms with Gasteiger partial charge in [-0.25, -0.2) is 4.68 Å². The lowest BCUT2D eigenvalue weighted by Gasteiger charge is -2.32. The average molecular weight is 386 g/mol. The molecule has 5 rings (SSSR count). The van der Waals surface area contributed by atoms with Crippen molar-refractivity contribution in [2.45, 2.75) is 25.7 Å². The number of pyridine rings is 1. The van der Waals surface area contributed by atoms with Gasteiger partial charge < -0.3 is 4.90 Å². The highest BCUT2D eigenvalue weighted by Gasteiger charge is 2.23. The second-order valence-corrected chi connectivity index (χ2v) is 7.51. The number of nitrogens with zero attached hydrogens (tertiary/aromatic N) is 5. The molecule has 7 heteroatoms. The SMILES string of the molecule is Cc1ccc(C2CCN(c3nc4c(cnn4-c4ccccc4)c(=O)[nH]3)CC2)cn1. The lowest BCUT2D eigenvalue weighted by atomic mass is 9.90. The van der Waals surface area contributed by atoms with Gasteiger partial charge in [0.1, 0.15) is 5.39 Å². The second kappa shape index (κ2) is 7.16. The number of rotatable bonds is 3. The minimum absolute atomic E-state index is 0.156. The van der Waals surface area contributed by atoms with Crippen molar-refractivity contribution in [3.05, 3.63) is 76.5 Å². The van der Waals surface area contributed by atoms with E-state index in [-0.39, 0.29) is 5.56 Å². The first-order valence-electron chi connectivity index (χ1n) is 9.90. The fourth-order valence-corrected chi connectivity index (χ4v) is 3.96. The maximum atomic E-state index is 12.6. The monoisotopic (exact) mass is 386 g/mol. The van der Waals surface area contributed by atoms with Gasteiger partial charge in [0.25, 0.3) is 5.56 Å². The number of aryl methyl sites for hydroxylation is 1. The Labute approximate surface area is 168 Å². The quantitative estimate of drug-likeness (QED) is 0.585. The normalized spacial score (nSPS) is 15.1. The van der Waals surface area contributed by atoms with Crippen molar-refractivity contribution in [1.29, 1.82) is 0 Å². The molecule has 1 fully saturated rings. The first-order chi connectivity index (χ1) is 14.2. The predicted octanol–water partition coefficient (Wildman–Crippen LogP) is 3.20. The first-order valence-corrected chi connectivity index (χ1v) is 9.90. The van der Waals surface area contributed by atoms with Crippen molar-refractivity contribution in [3.8, 4) is 5.69 Å². The Morgan fingerprint density at radius 1 is 1.03 bits per heavy atom. The van der Waals surface area contributed by atoms with Gasteiger partial charge in [-0.3, -0.25) is 14.8 Å². The van der Waals surface area contributed by atoms with E-state index in [0.717, 1.165) is 37.3 Å². The summed E-state index contributed by atoms with van der Waals surface area (Å²) in [4.78, 5) is 26.9. The zero-order valence-corrected chi connectivity index (χ0v) is 16.2. The summed E-state index contributed by atoms with van der Waals surface area (Å²) in [6.45, 7) is 3.68. The van der Waals surface area contributed by atoms with Crippen LogP contribution >= 0.6 is 0 Å². The van der Waals surface area contributed by atoms with Gasteiger partial charge in [0.15, 0.2) is 5.65 Å². The van der Waals surface area contributed by atoms with Gasteiger partial charge in [0.05, 0.1) is 11.9 Å². The molecule has 0 bridgehead atoms. The standard InChI is InChI=1S/C22H22N6O/c1-15-7-8-17(13-23-15)16-9-11-27(12-10-16)22-25-20-19(21(29)26-22)14-24-28(20)18-5-3-2-4-6-18/h2-8,13-14,16H,9-12H2,1H3,(H,25,26,29). The van der Waals surface area contributed by atoms with E-state index >= 15 is 0 Å². The van der Waals surface area contributed by atoms with E-state index in [2.05, 4.69) is 32.1 Å². The van der Waals surface area contributed by atoms with Crippen LogP contribution in [0.1, 0.15) is 30.0 Å². The smallest absolute Gasteiger partial charge is 0.263 e. The molecule has 0 saturated carbocycles. The molecule has 1 aliphatic heterocycles. The first kappa shape index (κ1) is 17.6. The number of H-pyrrole nitrogens is 1. The fraction of sp³-hybridized carbons (Fsp3) is 0.273. The summed E-state index contributed by atoms with van der Waals surface area (Å²) in [5.41, 5.74) is 3.64. The van der Waals surface area contributed by atoms with Crippen molar-refractivity contribution in [1.82, 2.24) is 24.7 Å². The molecule has 0 amide bonds. The highest BCUT2D eigenvalue weighted by atomic mass is 16.1. The molecule has 0 radical (unpaired) electrons. The van der Waals surface area contributed by atoms with Gasteiger partial charge in [-0.2, -0.15) is 10.1 Å². The van der Waals surface area contributed by atoms with Gasteiger partial charge in [-0.15, -0.1) is 0 Å². The number of nitrogens with one attached hydrogen (secondary N) is 1. The van der Waals surface area contributed by atoms with Crippen LogP contribution in [0, 0.1) is 6.92 Å². The maximum absolute atomic E-state index is 12.6. The summed E-state index contributed by atoms with van der Waals surface area (Å²) < 4.78 is 1.72. The molecule has 3 aromatic heterocycles. The van der Waals surface area contributed by atoms with E-state index in [1.807, 2.05) is 43.5 Å². The van der Waals surface area contributed by atoms with Crippen molar-refractivity contribution >= 4 is 17.0 Å². The molecule has 0 spiro atoms. The second-order valence-electron chi connectivity index (χ2n) is 7.51. The lowest BCUT2D eigenvalue weighted by Crippen LogP contribution is -2.35. The third kappa shape index (κ3) is 3.29. The Balaban J connectivity index is 1.42. The number of hydrogen-bond donors (Lipinski definition) is 1. The lowest BCUT2D eigenvalue weighted by molar-refractivity contribution is 0.498. The van der Waals surface area contributed by atoms with Crippen LogP contribution in [0.4, 0.5) is 5.95 Å². The molecule has 4 heterocycles. The highest BCUT2D eigenvalue weighted by Crippen LogP contribution is 2.29. The van der Waals surface area contributed by atoms with Crippen LogP contribution in [0.5, 0.6) is 0 Å². The van der Waals surface area contributed by atoms with Crippen LogP contribution in [0.15, 0.2) is 59.7 Å². The Morgan fingerprint density at radius 2 is 1.83 bits per heavy atom. The minimum atomic E-state index is -0.156. The third-order valence-electron chi connectivity index (χ3n) is 5.63. The number of aromatic nitrogens is 5. The number of anilines is 1. The molecule has 0 aliphatic carbocycles. The van der Waals surface area contributed by atoms with Crippen molar-refractivity contribution in [3.63, 3.8) is 0 Å². The van der Waals surface area contributed by atoms with Crippen LogP contribution < -0.4 is 10.5 Å². The zero-order valence-electron chi connectivity index (χ0n) is 16.2. The molecule has 0 unspecified atom stereocenters. The average Bonchev–Trinajstić information content (AvgIpc) is 3.20. The summed E-state index contributed by atoms with van der Waals surface area (Å²) in [6.07, 6.45) is 5.57. The Bertz CT molecular complexity index is 1190. The van der Waals surface area contributed by atoms with Gasteiger partial charge in [0, 0.05) is 25.0 Å². The van der Waals surface area contributed by atoms with Crippen LogP contribution in [0.2, 0.25) is 0 Å². The van der Waals surface area contributed by atoms with E-state index in [9.17, 15) is 4.79 Å². The summed E-state index contributed by atoms with van der Waals surface area (Å²) >= 11 is 0. The third-order valence-corrected chi connectivity index (χ3v) is 5.63. The van der Waals surface area contributed by atoms with Gasteiger partial charge in [0.2, 0.25) is 5.95 Å². The number of fused-ring (bicyclic) bond motifs is 1. The van der Waals surface area contributed by atoms with Gasteiger partial charge >= 0.3 is 0 Å². The summed E-state index contributed by atoms with van der Waals surface area (Å²) in [5, 5.41) is 4.88. The Kier molecular flexibility index (Phi) is 4.35. The molecular formula is C22H22N6O. The minimum Gasteiger partial charge on any atom is -0.342 e. The van der Waals surface area contributed by atoms with Crippen LogP contribution in [0.25, 0.3) is 16.7 Å². The van der Waals surface area contributed by atoms with E-state index in [4.69, 9.17) is 4.98 Å². The highest BCUT2D eigenvalue weighted by molar-refractivity contribution is 5.76. The number of para-hydroxylation sites is 1. The Morgan fingerprint density at radius 3 is 2.55 bits per heavy atom. The topological polar surface area (TPSA) is 79.7 Å². The molecule has 146 valence electrons. The van der Waals surface area contributed by atoms with E-state index in [1.54, 1.807) is 10.9 Å². The van der Waals surface area contributed by atoms with Crippen LogP contribution in [-0.2, 0) is 0 Å². The fourth-order valence-electron chi connectivity index (χ4n) is 3.96. The molecule has 4 aromatic rings. The molecular weight excluding hydrogens is 364 g/mol. The maximum Gasteiger partial charge on any atom is 0.263 e. The van der Waals surface area contributed by atoms with Crippen LogP contribution in [0.3, 0.4) is 0 Å². The molecule has 0 atom stereocenters. The van der Waals surface area contributed by atoms with E-state index in [1.165, 1.54) is 5.56 Å². The number of aromatic amines is 1. The van der Waals surface area contributed by atoms with Crippen molar-refractivity contribution < 1.29 is 0 Å². The molecule has 1 saturated heterocycles. The molecule has 1 aromatic carbocycles. The molecule has 7 nitrogen and oxygen atoms in total. The Hall–Kier alpha value is -3.48. The summed E-state index contributed by atoms with van der Waals surface area (Å²) in [5.74, 6) is 1.10. The predicted molar refractivity (Wildman–Crippen MR) is 113 cm³/mol.